The van der Waals surface area contributed by atoms with Gasteiger partial charge in [0.2, 0.25) is 5.88 Å². The maximum Gasteiger partial charge on any atom is 0.344 e. The molecule has 0 saturated carbocycles. The minimum Gasteiger partial charge on any atom is -0.465 e. The van der Waals surface area contributed by atoms with E-state index in [4.69, 9.17) is 9.47 Å². The number of esters is 1. The number of benzene rings is 1. The maximum atomic E-state index is 11.3. The standard InChI is InChI=1S/C13H14N2O3S/c1-3-17-11(16)8-18-12-9-6-4-5-7-10(9)14-13(15-12)19-2/h4-7H,3,8H2,1-2H3. The molecule has 2 rings (SSSR count). The predicted octanol–water partition coefficient (Wildman–Crippen LogP) is 2.29. The van der Waals surface area contributed by atoms with Crippen molar-refractivity contribution in [2.75, 3.05) is 19.5 Å². The minimum absolute atomic E-state index is 0.150. The molecule has 0 N–H and O–H groups in total. The van der Waals surface area contributed by atoms with Gasteiger partial charge in [-0.15, -0.1) is 0 Å². The number of thioether (sulfide) groups is 1. The molecule has 6 heteroatoms. The SMILES string of the molecule is CCOC(=O)COc1nc(SC)nc2ccccc12. The molecule has 0 radical (unpaired) electrons. The quantitative estimate of drug-likeness (QED) is 0.475. The van der Waals surface area contributed by atoms with Crippen LogP contribution in [-0.4, -0.2) is 35.4 Å². The van der Waals surface area contributed by atoms with Gasteiger partial charge in [0.15, 0.2) is 11.8 Å². The summed E-state index contributed by atoms with van der Waals surface area (Å²) in [6.07, 6.45) is 1.89. The summed E-state index contributed by atoms with van der Waals surface area (Å²) in [6, 6.07) is 7.52. The van der Waals surface area contributed by atoms with Crippen LogP contribution in [0.2, 0.25) is 0 Å². The van der Waals surface area contributed by atoms with Gasteiger partial charge in [-0.05, 0) is 25.3 Å². The van der Waals surface area contributed by atoms with Crippen molar-refractivity contribution in [3.63, 3.8) is 0 Å². The Bertz CT molecular complexity index is 589. The number of carbonyl (C=O) groups excluding carboxylic acids is 1. The van der Waals surface area contributed by atoms with E-state index in [0.29, 0.717) is 17.6 Å². The normalized spacial score (nSPS) is 10.4. The number of carbonyl (C=O) groups is 1. The lowest BCUT2D eigenvalue weighted by Gasteiger charge is -2.08. The van der Waals surface area contributed by atoms with E-state index in [9.17, 15) is 4.79 Å². The van der Waals surface area contributed by atoms with Crippen LogP contribution in [-0.2, 0) is 9.53 Å². The zero-order chi connectivity index (χ0) is 13.7. The molecule has 0 unspecified atom stereocenters. The lowest BCUT2D eigenvalue weighted by molar-refractivity contribution is -0.145. The van der Waals surface area contributed by atoms with E-state index in [1.165, 1.54) is 11.8 Å². The van der Waals surface area contributed by atoms with Gasteiger partial charge in [-0.3, -0.25) is 0 Å². The first-order valence-electron chi connectivity index (χ1n) is 5.83. The van der Waals surface area contributed by atoms with E-state index in [0.717, 1.165) is 10.9 Å². The predicted molar refractivity (Wildman–Crippen MR) is 73.4 cm³/mol. The second kappa shape index (κ2) is 6.38. The Morgan fingerprint density at radius 1 is 1.32 bits per heavy atom. The molecule has 0 spiro atoms. The molecule has 100 valence electrons. The van der Waals surface area contributed by atoms with Crippen LogP contribution in [0.25, 0.3) is 10.9 Å². The minimum atomic E-state index is -0.407. The Kier molecular flexibility index (Phi) is 4.57. The Balaban J connectivity index is 2.27. The fourth-order valence-corrected chi connectivity index (χ4v) is 1.92. The summed E-state index contributed by atoms with van der Waals surface area (Å²) in [6.45, 7) is 1.94. The van der Waals surface area contributed by atoms with Gasteiger partial charge in [0.25, 0.3) is 0 Å². The first-order valence-corrected chi connectivity index (χ1v) is 7.06. The molecule has 0 fully saturated rings. The lowest BCUT2D eigenvalue weighted by Crippen LogP contribution is -2.15. The van der Waals surface area contributed by atoms with E-state index >= 15 is 0 Å². The molecule has 0 amide bonds. The largest absolute Gasteiger partial charge is 0.465 e. The average Bonchev–Trinajstić information content (AvgIpc) is 2.44. The molecule has 1 aromatic heterocycles. The molecule has 0 aliphatic heterocycles. The third-order valence-corrected chi connectivity index (χ3v) is 2.91. The van der Waals surface area contributed by atoms with Crippen LogP contribution in [0.5, 0.6) is 5.88 Å². The van der Waals surface area contributed by atoms with Gasteiger partial charge in [0.1, 0.15) is 0 Å². The molecule has 1 aromatic carbocycles. The molecule has 1 heterocycles. The van der Waals surface area contributed by atoms with Crippen molar-refractivity contribution in [2.45, 2.75) is 12.1 Å². The van der Waals surface area contributed by atoms with Gasteiger partial charge in [-0.2, -0.15) is 4.98 Å². The highest BCUT2D eigenvalue weighted by atomic mass is 32.2. The number of fused-ring (bicyclic) bond motifs is 1. The Morgan fingerprint density at radius 2 is 2.11 bits per heavy atom. The number of hydrogen-bond donors (Lipinski definition) is 0. The first kappa shape index (κ1) is 13.6. The van der Waals surface area contributed by atoms with Crippen molar-refractivity contribution in [1.82, 2.24) is 9.97 Å². The second-order valence-corrected chi connectivity index (χ2v) is 4.40. The summed E-state index contributed by atoms with van der Waals surface area (Å²) in [4.78, 5) is 20.0. The van der Waals surface area contributed by atoms with E-state index in [2.05, 4.69) is 9.97 Å². The lowest BCUT2D eigenvalue weighted by atomic mass is 10.2. The molecule has 0 atom stereocenters. The Labute approximate surface area is 115 Å². The summed E-state index contributed by atoms with van der Waals surface area (Å²) in [5, 5.41) is 1.39. The molecule has 5 nitrogen and oxygen atoms in total. The fraction of sp³-hybridized carbons (Fsp3) is 0.308. The fourth-order valence-electron chi connectivity index (χ4n) is 1.56. The van der Waals surface area contributed by atoms with E-state index in [1.54, 1.807) is 6.92 Å². The van der Waals surface area contributed by atoms with Crippen molar-refractivity contribution in [2.24, 2.45) is 0 Å². The summed E-state index contributed by atoms with van der Waals surface area (Å²) < 4.78 is 10.3. The van der Waals surface area contributed by atoms with Crippen molar-refractivity contribution < 1.29 is 14.3 Å². The zero-order valence-corrected chi connectivity index (χ0v) is 11.6. The van der Waals surface area contributed by atoms with E-state index in [1.807, 2.05) is 30.5 Å². The van der Waals surface area contributed by atoms with Gasteiger partial charge < -0.3 is 9.47 Å². The number of nitrogens with zero attached hydrogens (tertiary/aromatic N) is 2. The van der Waals surface area contributed by atoms with Gasteiger partial charge >= 0.3 is 5.97 Å². The highest BCUT2D eigenvalue weighted by Gasteiger charge is 2.10. The molecule has 0 saturated heterocycles. The van der Waals surface area contributed by atoms with Crippen LogP contribution in [0.4, 0.5) is 0 Å². The van der Waals surface area contributed by atoms with Gasteiger partial charge in [0.05, 0.1) is 17.5 Å². The van der Waals surface area contributed by atoms with E-state index in [-0.39, 0.29) is 6.61 Å². The molecule has 0 bridgehead atoms. The number of ether oxygens (including phenoxy) is 2. The van der Waals surface area contributed by atoms with Crippen LogP contribution >= 0.6 is 11.8 Å². The third kappa shape index (κ3) is 3.35. The number of rotatable bonds is 5. The van der Waals surface area contributed by atoms with Crippen molar-refractivity contribution in [3.05, 3.63) is 24.3 Å². The van der Waals surface area contributed by atoms with Crippen LogP contribution in [0.1, 0.15) is 6.92 Å². The highest BCUT2D eigenvalue weighted by molar-refractivity contribution is 7.98. The number of para-hydroxylation sites is 1. The molecule has 0 aliphatic carbocycles. The molecule has 19 heavy (non-hydrogen) atoms. The maximum absolute atomic E-state index is 11.3. The van der Waals surface area contributed by atoms with Crippen LogP contribution < -0.4 is 4.74 Å². The molecular weight excluding hydrogens is 264 g/mol. The zero-order valence-electron chi connectivity index (χ0n) is 10.8. The molecule has 0 aliphatic rings. The Hall–Kier alpha value is -1.82. The van der Waals surface area contributed by atoms with Crippen LogP contribution in [0.15, 0.2) is 29.4 Å². The number of aromatic nitrogens is 2. The second-order valence-electron chi connectivity index (χ2n) is 3.63. The topological polar surface area (TPSA) is 61.3 Å². The summed E-state index contributed by atoms with van der Waals surface area (Å²) in [5.74, 6) is -0.00102. The molecule has 2 aromatic rings. The van der Waals surface area contributed by atoms with Crippen molar-refractivity contribution in [3.8, 4) is 5.88 Å². The summed E-state index contributed by atoms with van der Waals surface area (Å²) in [7, 11) is 0. The smallest absolute Gasteiger partial charge is 0.344 e. The molecular formula is C13H14N2O3S. The van der Waals surface area contributed by atoms with Crippen LogP contribution in [0, 0.1) is 0 Å². The monoisotopic (exact) mass is 278 g/mol. The summed E-state index contributed by atoms with van der Waals surface area (Å²) in [5.41, 5.74) is 0.792. The van der Waals surface area contributed by atoms with E-state index < -0.39 is 5.97 Å². The van der Waals surface area contributed by atoms with Crippen molar-refractivity contribution >= 4 is 28.6 Å². The highest BCUT2D eigenvalue weighted by Crippen LogP contribution is 2.24. The average molecular weight is 278 g/mol. The van der Waals surface area contributed by atoms with Gasteiger partial charge in [-0.1, -0.05) is 23.9 Å². The van der Waals surface area contributed by atoms with Crippen molar-refractivity contribution in [1.29, 1.82) is 0 Å². The summed E-state index contributed by atoms with van der Waals surface area (Å²) >= 11 is 1.42. The van der Waals surface area contributed by atoms with Gasteiger partial charge in [-0.25, -0.2) is 9.78 Å². The number of hydrogen-bond acceptors (Lipinski definition) is 6. The van der Waals surface area contributed by atoms with Gasteiger partial charge in [0, 0.05) is 0 Å². The first-order chi connectivity index (χ1) is 9.24. The van der Waals surface area contributed by atoms with Crippen LogP contribution in [0.3, 0.4) is 0 Å². The Morgan fingerprint density at radius 3 is 2.84 bits per heavy atom. The third-order valence-electron chi connectivity index (χ3n) is 2.36.